The van der Waals surface area contributed by atoms with Crippen molar-refractivity contribution in [2.24, 2.45) is 0 Å². The van der Waals surface area contributed by atoms with Crippen LogP contribution in [0.3, 0.4) is 0 Å². The molecule has 2 aromatic rings. The van der Waals surface area contributed by atoms with E-state index in [2.05, 4.69) is 4.90 Å². The second-order valence-electron chi connectivity index (χ2n) is 7.95. The van der Waals surface area contributed by atoms with Crippen molar-refractivity contribution >= 4 is 34.6 Å². The third-order valence-corrected chi connectivity index (χ3v) is 6.39. The number of hydrogen-bond acceptors (Lipinski definition) is 5. The maximum absolute atomic E-state index is 13.7. The lowest BCUT2D eigenvalue weighted by molar-refractivity contribution is -0.137. The van der Waals surface area contributed by atoms with Crippen molar-refractivity contribution in [3.05, 3.63) is 53.6 Å². The van der Waals surface area contributed by atoms with Gasteiger partial charge in [-0.2, -0.15) is 18.4 Å². The molecule has 32 heavy (non-hydrogen) atoms. The number of nitriles is 1. The monoisotopic (exact) mass is 460 g/mol. The van der Waals surface area contributed by atoms with E-state index in [9.17, 15) is 23.1 Å². The van der Waals surface area contributed by atoms with E-state index in [1.54, 1.807) is 23.1 Å². The molecule has 0 radical (unpaired) electrons. The number of rotatable bonds is 2. The first kappa shape index (κ1) is 22.0. The lowest BCUT2D eigenvalue weighted by Gasteiger charge is -2.41. The number of carbonyl (C=O) groups excluding carboxylic acids is 1. The summed E-state index contributed by atoms with van der Waals surface area (Å²) in [7, 11) is 1.93. The smallest absolute Gasteiger partial charge is 0.417 e. The fourth-order valence-corrected chi connectivity index (χ4v) is 4.76. The van der Waals surface area contributed by atoms with Gasteiger partial charge in [-0.25, -0.2) is 0 Å². The van der Waals surface area contributed by atoms with Crippen LogP contribution in [0.5, 0.6) is 5.75 Å². The number of likely N-dealkylation sites (tertiary alicyclic amines) is 1. The van der Waals surface area contributed by atoms with Crippen molar-refractivity contribution in [3.8, 4) is 11.8 Å². The van der Waals surface area contributed by atoms with Gasteiger partial charge in [0.15, 0.2) is 5.11 Å². The molecule has 1 amide bonds. The Morgan fingerprint density at radius 2 is 1.69 bits per heavy atom. The number of phenols is 1. The summed E-state index contributed by atoms with van der Waals surface area (Å²) >= 11 is 5.63. The lowest BCUT2D eigenvalue weighted by Crippen LogP contribution is -2.56. The third kappa shape index (κ3) is 3.47. The molecule has 2 fully saturated rings. The molecule has 4 rings (SSSR count). The van der Waals surface area contributed by atoms with Gasteiger partial charge in [0.05, 0.1) is 22.9 Å². The normalized spacial score (nSPS) is 19.0. The van der Waals surface area contributed by atoms with E-state index >= 15 is 0 Å². The van der Waals surface area contributed by atoms with Crippen LogP contribution in [0.4, 0.5) is 24.5 Å². The number of piperidine rings is 1. The number of alkyl halides is 3. The van der Waals surface area contributed by atoms with Crippen molar-refractivity contribution < 1.29 is 23.1 Å². The van der Waals surface area contributed by atoms with Gasteiger partial charge in [-0.15, -0.1) is 0 Å². The average molecular weight is 460 g/mol. The highest BCUT2D eigenvalue weighted by Crippen LogP contribution is 2.44. The molecule has 0 atom stereocenters. The van der Waals surface area contributed by atoms with Crippen LogP contribution in [0.25, 0.3) is 0 Å². The van der Waals surface area contributed by atoms with Crippen molar-refractivity contribution in [2.45, 2.75) is 24.6 Å². The molecule has 10 heteroatoms. The van der Waals surface area contributed by atoms with E-state index in [0.29, 0.717) is 31.6 Å². The zero-order valence-electron chi connectivity index (χ0n) is 17.1. The number of benzene rings is 2. The predicted molar refractivity (Wildman–Crippen MR) is 116 cm³/mol. The lowest BCUT2D eigenvalue weighted by atomic mass is 9.85. The number of amides is 1. The Labute approximate surface area is 188 Å². The predicted octanol–water partition coefficient (Wildman–Crippen LogP) is 3.89. The number of halogens is 3. The number of phenolic OH excluding ortho intramolecular Hbond substituents is 1. The maximum atomic E-state index is 13.7. The van der Waals surface area contributed by atoms with E-state index in [-0.39, 0.29) is 16.5 Å². The van der Waals surface area contributed by atoms with E-state index in [1.165, 1.54) is 18.2 Å². The fourth-order valence-electron chi connectivity index (χ4n) is 4.29. The zero-order chi connectivity index (χ0) is 23.3. The Bertz CT molecular complexity index is 1120. The van der Waals surface area contributed by atoms with Gasteiger partial charge in [0.1, 0.15) is 11.3 Å². The Balaban J connectivity index is 1.85. The molecule has 0 bridgehead atoms. The van der Waals surface area contributed by atoms with Gasteiger partial charge in [-0.05, 0) is 74.6 Å². The SMILES string of the molecule is CN1CCC2(CC1)C(=O)N(c1ccc(C#N)c(C(F)(F)F)c1)C(=S)N2c1ccc(O)cc1. The molecule has 0 saturated carbocycles. The molecule has 2 saturated heterocycles. The first-order valence-electron chi connectivity index (χ1n) is 9.86. The fraction of sp³-hybridized carbons (Fsp3) is 0.318. The number of aromatic hydroxyl groups is 1. The van der Waals surface area contributed by atoms with Crippen LogP contribution in [0.2, 0.25) is 0 Å². The molecule has 2 aliphatic heterocycles. The molecular formula is C22H19F3N4O2S. The van der Waals surface area contributed by atoms with Gasteiger partial charge < -0.3 is 14.9 Å². The molecule has 1 N–H and O–H groups in total. The molecular weight excluding hydrogens is 441 g/mol. The summed E-state index contributed by atoms with van der Waals surface area (Å²) in [5, 5.41) is 18.8. The molecule has 2 aliphatic rings. The van der Waals surface area contributed by atoms with E-state index in [1.807, 2.05) is 7.05 Å². The van der Waals surface area contributed by atoms with Crippen molar-refractivity contribution in [1.82, 2.24) is 4.90 Å². The highest BCUT2D eigenvalue weighted by atomic mass is 32.1. The molecule has 0 aromatic heterocycles. The van der Waals surface area contributed by atoms with Crippen molar-refractivity contribution in [1.29, 1.82) is 5.26 Å². The van der Waals surface area contributed by atoms with Gasteiger partial charge in [0, 0.05) is 18.8 Å². The minimum absolute atomic E-state index is 0.0362. The summed E-state index contributed by atoms with van der Waals surface area (Å²) in [6, 6.07) is 10.9. The zero-order valence-corrected chi connectivity index (χ0v) is 17.9. The molecule has 0 unspecified atom stereocenters. The third-order valence-electron chi connectivity index (χ3n) is 6.02. The van der Waals surface area contributed by atoms with Gasteiger partial charge in [0.25, 0.3) is 5.91 Å². The van der Waals surface area contributed by atoms with E-state index < -0.39 is 28.7 Å². The van der Waals surface area contributed by atoms with Gasteiger partial charge >= 0.3 is 6.18 Å². The van der Waals surface area contributed by atoms with Crippen LogP contribution in [0.15, 0.2) is 42.5 Å². The molecule has 2 heterocycles. The Morgan fingerprint density at radius 3 is 2.25 bits per heavy atom. The number of thiocarbonyl (C=S) groups is 1. The van der Waals surface area contributed by atoms with Crippen LogP contribution < -0.4 is 9.80 Å². The Kier molecular flexibility index (Phi) is 5.35. The number of carbonyl (C=O) groups is 1. The van der Waals surface area contributed by atoms with Crippen LogP contribution in [0, 0.1) is 11.3 Å². The molecule has 166 valence electrons. The summed E-state index contributed by atoms with van der Waals surface area (Å²) in [6.45, 7) is 1.22. The Morgan fingerprint density at radius 1 is 1.09 bits per heavy atom. The van der Waals surface area contributed by atoms with E-state index in [0.717, 1.165) is 17.0 Å². The summed E-state index contributed by atoms with van der Waals surface area (Å²) in [6.07, 6.45) is -3.89. The minimum Gasteiger partial charge on any atom is -0.508 e. The van der Waals surface area contributed by atoms with Crippen molar-refractivity contribution in [3.63, 3.8) is 0 Å². The number of anilines is 2. The van der Waals surface area contributed by atoms with Gasteiger partial charge in [-0.3, -0.25) is 9.69 Å². The Hall–Kier alpha value is -3.16. The summed E-state index contributed by atoms with van der Waals surface area (Å²) in [4.78, 5) is 18.6. The summed E-state index contributed by atoms with van der Waals surface area (Å²) in [5.74, 6) is -0.358. The van der Waals surface area contributed by atoms with Gasteiger partial charge in [0.2, 0.25) is 0 Å². The highest BCUT2D eigenvalue weighted by Gasteiger charge is 2.57. The average Bonchev–Trinajstić information content (AvgIpc) is 2.96. The molecule has 2 aromatic carbocycles. The topological polar surface area (TPSA) is 70.8 Å². The molecule has 0 aliphatic carbocycles. The first-order valence-corrected chi connectivity index (χ1v) is 10.3. The van der Waals surface area contributed by atoms with Crippen molar-refractivity contribution in [2.75, 3.05) is 29.9 Å². The summed E-state index contributed by atoms with van der Waals surface area (Å²) in [5.41, 5.74) is -2.16. The standard InChI is InChI=1S/C22H19F3N4O2S/c1-27-10-8-21(9-11-27)19(31)28(20(32)29(21)15-4-6-17(30)7-5-15)16-3-2-14(13-26)18(12-16)22(23,24)25/h2-7,12,30H,8-11H2,1H3. The largest absolute Gasteiger partial charge is 0.508 e. The molecule has 6 nitrogen and oxygen atoms in total. The minimum atomic E-state index is -4.76. The highest BCUT2D eigenvalue weighted by molar-refractivity contribution is 7.81. The number of hydrogen-bond donors (Lipinski definition) is 1. The van der Waals surface area contributed by atoms with Crippen LogP contribution >= 0.6 is 12.2 Å². The molecule has 1 spiro atoms. The van der Waals surface area contributed by atoms with E-state index in [4.69, 9.17) is 17.5 Å². The maximum Gasteiger partial charge on any atom is 0.417 e. The van der Waals surface area contributed by atoms with Gasteiger partial charge in [-0.1, -0.05) is 0 Å². The summed E-state index contributed by atoms with van der Waals surface area (Å²) < 4.78 is 40.6. The van der Waals surface area contributed by atoms with Crippen LogP contribution in [0.1, 0.15) is 24.0 Å². The van der Waals surface area contributed by atoms with Crippen LogP contribution in [-0.2, 0) is 11.0 Å². The second kappa shape index (κ2) is 7.76. The second-order valence-corrected chi connectivity index (χ2v) is 8.31. The quantitative estimate of drug-likeness (QED) is 0.686. The first-order chi connectivity index (χ1) is 15.1. The number of nitrogens with zero attached hydrogens (tertiary/aromatic N) is 4. The van der Waals surface area contributed by atoms with Crippen LogP contribution in [-0.4, -0.2) is 46.7 Å².